The zero-order chi connectivity index (χ0) is 14.4. The lowest BCUT2D eigenvalue weighted by Gasteiger charge is -2.24. The second-order valence-electron chi connectivity index (χ2n) is 6.34. The minimum absolute atomic E-state index is 0. The van der Waals surface area contributed by atoms with Crippen molar-refractivity contribution in [1.29, 1.82) is 0 Å². The summed E-state index contributed by atoms with van der Waals surface area (Å²) in [5.74, 6) is 0.143. The van der Waals surface area contributed by atoms with Gasteiger partial charge in [0.2, 0.25) is 5.91 Å². The first-order valence-corrected chi connectivity index (χ1v) is 8.04. The number of amides is 1. The van der Waals surface area contributed by atoms with Gasteiger partial charge >= 0.3 is 0 Å². The number of unbranched alkanes of at least 4 members (excludes halogenated alkanes) is 1. The van der Waals surface area contributed by atoms with Gasteiger partial charge in [0.25, 0.3) is 0 Å². The fraction of sp³-hybridized carbons (Fsp3) is 0.933. The molecule has 2 atom stereocenters. The summed E-state index contributed by atoms with van der Waals surface area (Å²) >= 11 is 0. The molecular weight excluding hydrogens is 290 g/mol. The Balaban J connectivity index is 0.00000220. The van der Waals surface area contributed by atoms with E-state index in [1.807, 2.05) is 6.92 Å². The number of hydrogen-bond acceptors (Lipinski definition) is 4. The van der Waals surface area contributed by atoms with Gasteiger partial charge in [0, 0.05) is 12.6 Å². The average molecular weight is 320 g/mol. The fourth-order valence-electron chi connectivity index (χ4n) is 3.32. The molecule has 0 aliphatic carbocycles. The quantitative estimate of drug-likeness (QED) is 0.610. The second-order valence-corrected chi connectivity index (χ2v) is 6.34. The SMILES string of the molecule is CC1(C(=O)NCCCCN2CCCC2CO)CCCN1.Cl. The van der Waals surface area contributed by atoms with Gasteiger partial charge in [-0.05, 0) is 65.1 Å². The number of aliphatic hydroxyl groups is 1. The fourth-order valence-corrected chi connectivity index (χ4v) is 3.32. The minimum atomic E-state index is -0.350. The first-order valence-electron chi connectivity index (χ1n) is 8.04. The van der Waals surface area contributed by atoms with Crippen molar-refractivity contribution in [2.75, 3.05) is 32.8 Å². The maximum absolute atomic E-state index is 12.1. The highest BCUT2D eigenvalue weighted by atomic mass is 35.5. The maximum atomic E-state index is 12.1. The van der Waals surface area contributed by atoms with Crippen molar-refractivity contribution < 1.29 is 9.90 Å². The Bertz CT molecular complexity index is 322. The summed E-state index contributed by atoms with van der Waals surface area (Å²) in [6.45, 7) is 6.12. The van der Waals surface area contributed by atoms with Crippen LogP contribution in [0.15, 0.2) is 0 Å². The molecule has 0 saturated carbocycles. The van der Waals surface area contributed by atoms with E-state index in [4.69, 9.17) is 0 Å². The molecule has 124 valence electrons. The summed E-state index contributed by atoms with van der Waals surface area (Å²) < 4.78 is 0. The lowest BCUT2D eigenvalue weighted by Crippen LogP contribution is -2.51. The summed E-state index contributed by atoms with van der Waals surface area (Å²) in [7, 11) is 0. The van der Waals surface area contributed by atoms with E-state index >= 15 is 0 Å². The van der Waals surface area contributed by atoms with E-state index in [9.17, 15) is 9.90 Å². The predicted molar refractivity (Wildman–Crippen MR) is 86.8 cm³/mol. The van der Waals surface area contributed by atoms with Gasteiger partial charge in [-0.15, -0.1) is 12.4 Å². The third-order valence-corrected chi connectivity index (χ3v) is 4.74. The van der Waals surface area contributed by atoms with Crippen molar-refractivity contribution in [3.8, 4) is 0 Å². The third kappa shape index (κ3) is 5.09. The van der Waals surface area contributed by atoms with Crippen molar-refractivity contribution in [3.05, 3.63) is 0 Å². The summed E-state index contributed by atoms with van der Waals surface area (Å²) in [4.78, 5) is 14.4. The molecule has 2 aliphatic heterocycles. The van der Waals surface area contributed by atoms with Crippen molar-refractivity contribution in [1.82, 2.24) is 15.5 Å². The van der Waals surface area contributed by atoms with Gasteiger partial charge in [-0.3, -0.25) is 9.69 Å². The summed E-state index contributed by atoms with van der Waals surface area (Å²) in [6, 6.07) is 0.367. The van der Waals surface area contributed by atoms with Crippen LogP contribution in [0.5, 0.6) is 0 Å². The van der Waals surface area contributed by atoms with Crippen LogP contribution in [0.1, 0.15) is 45.4 Å². The van der Waals surface area contributed by atoms with E-state index < -0.39 is 0 Å². The van der Waals surface area contributed by atoms with E-state index in [2.05, 4.69) is 15.5 Å². The number of carbonyl (C=O) groups excluding carboxylic acids is 1. The summed E-state index contributed by atoms with van der Waals surface area (Å²) in [5, 5.41) is 15.6. The molecule has 0 aromatic rings. The highest BCUT2D eigenvalue weighted by Crippen LogP contribution is 2.19. The summed E-state index contributed by atoms with van der Waals surface area (Å²) in [5.41, 5.74) is -0.350. The molecule has 2 unspecified atom stereocenters. The Morgan fingerprint density at radius 1 is 1.43 bits per heavy atom. The molecule has 1 amide bonds. The van der Waals surface area contributed by atoms with Gasteiger partial charge in [0.05, 0.1) is 12.1 Å². The number of hydrogen-bond donors (Lipinski definition) is 3. The van der Waals surface area contributed by atoms with Crippen LogP contribution in [-0.4, -0.2) is 60.3 Å². The molecule has 0 spiro atoms. The molecule has 0 aromatic heterocycles. The number of carbonyl (C=O) groups is 1. The van der Waals surface area contributed by atoms with Crippen LogP contribution < -0.4 is 10.6 Å². The predicted octanol–water partition coefficient (Wildman–Crippen LogP) is 0.903. The van der Waals surface area contributed by atoms with E-state index in [0.717, 1.165) is 58.3 Å². The number of nitrogens with zero attached hydrogens (tertiary/aromatic N) is 1. The molecule has 6 heteroatoms. The number of nitrogens with one attached hydrogen (secondary N) is 2. The Hall–Kier alpha value is -0.360. The van der Waals surface area contributed by atoms with Crippen LogP contribution in [-0.2, 0) is 4.79 Å². The van der Waals surface area contributed by atoms with Crippen LogP contribution in [0.3, 0.4) is 0 Å². The van der Waals surface area contributed by atoms with Gasteiger partial charge in [0.15, 0.2) is 0 Å². The van der Waals surface area contributed by atoms with Crippen molar-refractivity contribution in [3.63, 3.8) is 0 Å². The molecule has 0 aromatic carbocycles. The van der Waals surface area contributed by atoms with Crippen molar-refractivity contribution in [2.45, 2.75) is 57.0 Å². The number of aliphatic hydroxyl groups excluding tert-OH is 1. The highest BCUT2D eigenvalue weighted by Gasteiger charge is 2.35. The number of likely N-dealkylation sites (tertiary alicyclic amines) is 1. The van der Waals surface area contributed by atoms with Gasteiger partial charge in [-0.1, -0.05) is 0 Å². The molecule has 2 aliphatic rings. The third-order valence-electron chi connectivity index (χ3n) is 4.74. The first kappa shape index (κ1) is 18.7. The van der Waals surface area contributed by atoms with Crippen molar-refractivity contribution >= 4 is 18.3 Å². The Morgan fingerprint density at radius 3 is 2.90 bits per heavy atom. The monoisotopic (exact) mass is 319 g/mol. The second kappa shape index (κ2) is 8.93. The van der Waals surface area contributed by atoms with E-state index in [-0.39, 0.29) is 30.5 Å². The molecule has 2 heterocycles. The molecular formula is C15H30ClN3O2. The Kier molecular flexibility index (Phi) is 7.95. The zero-order valence-electron chi connectivity index (χ0n) is 13.1. The minimum Gasteiger partial charge on any atom is -0.395 e. The topological polar surface area (TPSA) is 64.6 Å². The molecule has 2 fully saturated rings. The zero-order valence-corrected chi connectivity index (χ0v) is 13.9. The molecule has 21 heavy (non-hydrogen) atoms. The van der Waals surface area contributed by atoms with E-state index in [1.165, 1.54) is 6.42 Å². The number of halogens is 1. The molecule has 0 bridgehead atoms. The molecule has 3 N–H and O–H groups in total. The van der Waals surface area contributed by atoms with E-state index in [0.29, 0.717) is 6.04 Å². The van der Waals surface area contributed by atoms with Crippen LogP contribution in [0.25, 0.3) is 0 Å². The van der Waals surface area contributed by atoms with Crippen LogP contribution in [0.2, 0.25) is 0 Å². The lowest BCUT2D eigenvalue weighted by atomic mass is 9.99. The summed E-state index contributed by atoms with van der Waals surface area (Å²) in [6.07, 6.45) is 6.44. The number of rotatable bonds is 7. The van der Waals surface area contributed by atoms with Crippen molar-refractivity contribution in [2.24, 2.45) is 0 Å². The molecule has 5 nitrogen and oxygen atoms in total. The lowest BCUT2D eigenvalue weighted by molar-refractivity contribution is -0.126. The van der Waals surface area contributed by atoms with Gasteiger partial charge in [-0.2, -0.15) is 0 Å². The van der Waals surface area contributed by atoms with Gasteiger partial charge in [0.1, 0.15) is 0 Å². The van der Waals surface area contributed by atoms with Gasteiger partial charge in [-0.25, -0.2) is 0 Å². The maximum Gasteiger partial charge on any atom is 0.240 e. The molecule has 2 saturated heterocycles. The largest absolute Gasteiger partial charge is 0.395 e. The van der Waals surface area contributed by atoms with Crippen LogP contribution in [0, 0.1) is 0 Å². The highest BCUT2D eigenvalue weighted by molar-refractivity contribution is 5.86. The standard InChI is InChI=1S/C15H29N3O2.ClH/c1-15(7-5-9-17-15)14(20)16-8-2-3-10-18-11-4-6-13(18)12-19;/h13,17,19H,2-12H2,1H3,(H,16,20);1H. The smallest absolute Gasteiger partial charge is 0.240 e. The molecule has 2 rings (SSSR count). The van der Waals surface area contributed by atoms with Crippen LogP contribution in [0.4, 0.5) is 0 Å². The first-order chi connectivity index (χ1) is 9.65. The van der Waals surface area contributed by atoms with Gasteiger partial charge < -0.3 is 15.7 Å². The molecule has 0 radical (unpaired) electrons. The normalized spacial score (nSPS) is 29.3. The average Bonchev–Trinajstić information content (AvgIpc) is 3.07. The van der Waals surface area contributed by atoms with Crippen LogP contribution >= 0.6 is 12.4 Å². The Morgan fingerprint density at radius 2 is 2.24 bits per heavy atom. The van der Waals surface area contributed by atoms with E-state index in [1.54, 1.807) is 0 Å². The Labute approximate surface area is 134 Å².